The molecule has 3 nitrogen and oxygen atoms in total. The van der Waals surface area contributed by atoms with E-state index in [2.05, 4.69) is 21.1 Å². The summed E-state index contributed by atoms with van der Waals surface area (Å²) < 4.78 is 6.03. The third-order valence-electron chi connectivity index (χ3n) is 3.04. The molecule has 0 atom stereocenters. The van der Waals surface area contributed by atoms with E-state index in [0.717, 1.165) is 15.6 Å². The van der Waals surface area contributed by atoms with Crippen molar-refractivity contribution in [3.8, 4) is 22.4 Å². The molecule has 0 aliphatic rings. The molecule has 21 heavy (non-hydrogen) atoms. The minimum absolute atomic E-state index is 0.242. The van der Waals surface area contributed by atoms with E-state index in [1.54, 1.807) is 18.2 Å². The van der Waals surface area contributed by atoms with Crippen LogP contribution in [0.4, 0.5) is 5.88 Å². The second-order valence-corrected chi connectivity index (χ2v) is 6.16. The van der Waals surface area contributed by atoms with Gasteiger partial charge in [0.25, 0.3) is 0 Å². The van der Waals surface area contributed by atoms with E-state index < -0.39 is 0 Å². The molecule has 0 unspecified atom stereocenters. The monoisotopic (exact) mass is 382 g/mol. The van der Waals surface area contributed by atoms with Crippen molar-refractivity contribution in [1.82, 2.24) is 5.16 Å². The van der Waals surface area contributed by atoms with E-state index in [1.807, 2.05) is 24.3 Å². The number of halogens is 3. The maximum Gasteiger partial charge on any atom is 0.230 e. The van der Waals surface area contributed by atoms with Crippen molar-refractivity contribution < 1.29 is 4.52 Å². The van der Waals surface area contributed by atoms with Crippen molar-refractivity contribution in [2.75, 3.05) is 5.73 Å². The summed E-state index contributed by atoms with van der Waals surface area (Å²) in [5.41, 5.74) is 8.85. The van der Waals surface area contributed by atoms with Crippen molar-refractivity contribution in [3.63, 3.8) is 0 Å². The van der Waals surface area contributed by atoms with Gasteiger partial charge in [0.05, 0.1) is 10.6 Å². The van der Waals surface area contributed by atoms with Crippen molar-refractivity contribution >= 4 is 45.0 Å². The van der Waals surface area contributed by atoms with Crippen LogP contribution in [0.3, 0.4) is 0 Å². The predicted molar refractivity (Wildman–Crippen MR) is 89.5 cm³/mol. The largest absolute Gasteiger partial charge is 0.367 e. The van der Waals surface area contributed by atoms with Crippen LogP contribution >= 0.6 is 39.1 Å². The summed E-state index contributed by atoms with van der Waals surface area (Å²) in [4.78, 5) is 0. The molecule has 0 aliphatic heterocycles. The van der Waals surface area contributed by atoms with Crippen LogP contribution in [-0.4, -0.2) is 5.16 Å². The van der Waals surface area contributed by atoms with Gasteiger partial charge >= 0.3 is 0 Å². The van der Waals surface area contributed by atoms with Crippen molar-refractivity contribution in [3.05, 3.63) is 57.0 Å². The van der Waals surface area contributed by atoms with Gasteiger partial charge in [-0.1, -0.05) is 62.5 Å². The number of rotatable bonds is 2. The van der Waals surface area contributed by atoms with Gasteiger partial charge in [-0.05, 0) is 29.8 Å². The zero-order valence-corrected chi connectivity index (χ0v) is 13.7. The Labute approximate surface area is 139 Å². The van der Waals surface area contributed by atoms with E-state index in [-0.39, 0.29) is 5.88 Å². The van der Waals surface area contributed by atoms with Crippen molar-refractivity contribution in [2.24, 2.45) is 0 Å². The molecule has 0 saturated carbocycles. The zero-order valence-electron chi connectivity index (χ0n) is 10.6. The van der Waals surface area contributed by atoms with Crippen LogP contribution in [0.2, 0.25) is 10.0 Å². The molecule has 1 aromatic heterocycles. The molecule has 0 saturated heterocycles. The topological polar surface area (TPSA) is 52.0 Å². The summed E-state index contributed by atoms with van der Waals surface area (Å²) in [5, 5.41) is 5.26. The van der Waals surface area contributed by atoms with E-state index in [9.17, 15) is 0 Å². The van der Waals surface area contributed by atoms with E-state index in [1.165, 1.54) is 0 Å². The maximum absolute atomic E-state index is 6.28. The molecular formula is C15H9BrCl2N2O. The smallest absolute Gasteiger partial charge is 0.230 e. The summed E-state index contributed by atoms with van der Waals surface area (Å²) in [7, 11) is 0. The van der Waals surface area contributed by atoms with Crippen molar-refractivity contribution in [2.45, 2.75) is 0 Å². The van der Waals surface area contributed by atoms with E-state index >= 15 is 0 Å². The molecule has 0 bridgehead atoms. The predicted octanol–water partition coefficient (Wildman–Crippen LogP) is 5.66. The fraction of sp³-hybridized carbons (Fsp3) is 0. The van der Waals surface area contributed by atoms with E-state index in [4.69, 9.17) is 33.5 Å². The Bertz CT molecular complexity index is 800. The Kier molecular flexibility index (Phi) is 3.93. The molecule has 3 rings (SSSR count). The molecular weight excluding hydrogens is 375 g/mol. The first-order valence-electron chi connectivity index (χ1n) is 6.03. The summed E-state index contributed by atoms with van der Waals surface area (Å²) in [6, 6.07) is 12.9. The first-order valence-corrected chi connectivity index (χ1v) is 7.57. The van der Waals surface area contributed by atoms with Crippen LogP contribution in [0.25, 0.3) is 22.4 Å². The molecule has 0 aliphatic carbocycles. The highest BCUT2D eigenvalue weighted by Gasteiger charge is 2.19. The highest BCUT2D eigenvalue weighted by atomic mass is 79.9. The van der Waals surface area contributed by atoms with Crippen LogP contribution in [0, 0.1) is 0 Å². The van der Waals surface area contributed by atoms with Crippen LogP contribution in [0.5, 0.6) is 0 Å². The third-order valence-corrected chi connectivity index (χ3v) is 4.10. The van der Waals surface area contributed by atoms with Crippen LogP contribution in [0.1, 0.15) is 0 Å². The fourth-order valence-electron chi connectivity index (χ4n) is 2.06. The Morgan fingerprint density at radius 2 is 1.76 bits per heavy atom. The highest BCUT2D eigenvalue weighted by molar-refractivity contribution is 9.10. The number of nitrogens with two attached hydrogens (primary N) is 1. The lowest BCUT2D eigenvalue weighted by Crippen LogP contribution is -1.88. The molecule has 2 aromatic carbocycles. The van der Waals surface area contributed by atoms with Gasteiger partial charge in [0.2, 0.25) is 5.88 Å². The molecule has 0 spiro atoms. The molecule has 0 fully saturated rings. The van der Waals surface area contributed by atoms with Crippen LogP contribution < -0.4 is 5.73 Å². The average Bonchev–Trinajstić information content (AvgIpc) is 2.82. The number of benzene rings is 2. The Hall–Kier alpha value is -1.49. The number of hydrogen-bond donors (Lipinski definition) is 1. The number of aromatic nitrogens is 1. The minimum Gasteiger partial charge on any atom is -0.367 e. The fourth-order valence-corrected chi connectivity index (χ4v) is 2.95. The summed E-state index contributed by atoms with van der Waals surface area (Å²) in [5.74, 6) is 0.242. The van der Waals surface area contributed by atoms with Gasteiger partial charge in [-0.25, -0.2) is 0 Å². The minimum atomic E-state index is 0.242. The van der Waals surface area contributed by atoms with Gasteiger partial charge in [0.1, 0.15) is 5.69 Å². The maximum atomic E-state index is 6.28. The van der Waals surface area contributed by atoms with Crippen LogP contribution in [-0.2, 0) is 0 Å². The Morgan fingerprint density at radius 3 is 2.43 bits per heavy atom. The normalized spacial score (nSPS) is 10.8. The molecule has 2 N–H and O–H groups in total. The lowest BCUT2D eigenvalue weighted by atomic mass is 10.0. The van der Waals surface area contributed by atoms with Gasteiger partial charge in [-0.3, -0.25) is 0 Å². The van der Waals surface area contributed by atoms with Gasteiger partial charge < -0.3 is 10.3 Å². The molecule has 3 aromatic rings. The van der Waals surface area contributed by atoms with Gasteiger partial charge in [-0.15, -0.1) is 0 Å². The molecule has 0 radical (unpaired) electrons. The van der Waals surface area contributed by atoms with Gasteiger partial charge in [0.15, 0.2) is 0 Å². The van der Waals surface area contributed by atoms with Gasteiger partial charge in [0, 0.05) is 15.1 Å². The number of nitrogens with zero attached hydrogens (tertiary/aromatic N) is 1. The Balaban J connectivity index is 2.19. The Morgan fingerprint density at radius 1 is 1.05 bits per heavy atom. The second-order valence-electron chi connectivity index (χ2n) is 4.40. The highest BCUT2D eigenvalue weighted by Crippen LogP contribution is 2.39. The number of anilines is 1. The summed E-state index contributed by atoms with van der Waals surface area (Å²) >= 11 is 15.6. The summed E-state index contributed by atoms with van der Waals surface area (Å²) in [6.45, 7) is 0. The lowest BCUT2D eigenvalue weighted by molar-refractivity contribution is 0.439. The number of hydrogen-bond acceptors (Lipinski definition) is 3. The lowest BCUT2D eigenvalue weighted by Gasteiger charge is -2.05. The van der Waals surface area contributed by atoms with E-state index in [0.29, 0.717) is 21.3 Å². The molecule has 6 heteroatoms. The number of nitrogen functional groups attached to an aromatic ring is 1. The summed E-state index contributed by atoms with van der Waals surface area (Å²) in [6.07, 6.45) is 0. The van der Waals surface area contributed by atoms with Crippen molar-refractivity contribution in [1.29, 1.82) is 0 Å². The third kappa shape index (κ3) is 2.79. The zero-order chi connectivity index (χ0) is 15.0. The first-order chi connectivity index (χ1) is 10.1. The first kappa shape index (κ1) is 14.4. The standard InChI is InChI=1S/C15H9BrCl2N2O/c16-9-3-6-11(12(18)7-9)14-13(15(19)21-20-14)8-1-4-10(17)5-2-8/h1-7H,19H2. The molecule has 1 heterocycles. The molecule has 106 valence electrons. The average molecular weight is 384 g/mol. The second kappa shape index (κ2) is 5.72. The van der Waals surface area contributed by atoms with Crippen LogP contribution in [0.15, 0.2) is 51.5 Å². The van der Waals surface area contributed by atoms with Gasteiger partial charge in [-0.2, -0.15) is 0 Å². The quantitative estimate of drug-likeness (QED) is 0.621. The molecule has 0 amide bonds. The SMILES string of the molecule is Nc1onc(-c2ccc(Br)cc2Cl)c1-c1ccc(Cl)cc1.